The van der Waals surface area contributed by atoms with Crippen molar-refractivity contribution >= 4 is 22.8 Å². The fourth-order valence-corrected chi connectivity index (χ4v) is 3.80. The van der Waals surface area contributed by atoms with Gasteiger partial charge >= 0.3 is 0 Å². The number of aromatic nitrogens is 2. The lowest BCUT2D eigenvalue weighted by atomic mass is 10.2. The zero-order valence-corrected chi connectivity index (χ0v) is 13.6. The third kappa shape index (κ3) is 3.99. The van der Waals surface area contributed by atoms with Crippen molar-refractivity contribution in [2.75, 3.05) is 32.0 Å². The van der Waals surface area contributed by atoms with E-state index in [4.69, 9.17) is 4.74 Å². The first-order chi connectivity index (χ1) is 10.2. The number of quaternary nitrogens is 1. The van der Waals surface area contributed by atoms with Gasteiger partial charge in [-0.05, 0) is 12.1 Å². The molecule has 114 valence electrons. The molecule has 0 spiro atoms. The van der Waals surface area contributed by atoms with E-state index in [1.165, 1.54) is 6.54 Å². The fourth-order valence-electron chi connectivity index (χ4n) is 2.89. The summed E-state index contributed by atoms with van der Waals surface area (Å²) < 4.78 is 5.90. The van der Waals surface area contributed by atoms with Gasteiger partial charge in [0, 0.05) is 11.7 Å². The van der Waals surface area contributed by atoms with Gasteiger partial charge in [-0.25, -0.2) is 4.98 Å². The summed E-state index contributed by atoms with van der Waals surface area (Å²) >= 11 is 1.77. The second-order valence-corrected chi connectivity index (χ2v) is 7.17. The Kier molecular flexibility index (Phi) is 4.83. The van der Waals surface area contributed by atoms with E-state index in [9.17, 15) is 0 Å². The molecule has 2 aromatic rings. The number of hydrogen-bond acceptors (Lipinski definition) is 3. The number of fused-ring (bicyclic) bond motifs is 1. The predicted octanol–water partition coefficient (Wildman–Crippen LogP) is 1.59. The minimum atomic E-state index is 0.339. The van der Waals surface area contributed by atoms with Crippen molar-refractivity contribution in [1.82, 2.24) is 9.97 Å². The second kappa shape index (κ2) is 6.81. The molecule has 0 amide bonds. The molecule has 5 heteroatoms. The Morgan fingerprint density at radius 1 is 1.43 bits per heavy atom. The van der Waals surface area contributed by atoms with Gasteiger partial charge in [0.25, 0.3) is 0 Å². The number of nitrogens with zero attached hydrogens (tertiary/aromatic N) is 1. The highest BCUT2D eigenvalue weighted by atomic mass is 32.2. The summed E-state index contributed by atoms with van der Waals surface area (Å²) in [7, 11) is 0. The lowest BCUT2D eigenvalue weighted by molar-refractivity contribution is -0.914. The Labute approximate surface area is 130 Å². The van der Waals surface area contributed by atoms with Gasteiger partial charge in [-0.2, -0.15) is 0 Å². The molecule has 2 N–H and O–H groups in total. The average Bonchev–Trinajstić information content (AvgIpc) is 2.87. The molecule has 21 heavy (non-hydrogen) atoms. The first-order valence-corrected chi connectivity index (χ1v) is 8.72. The molecule has 1 unspecified atom stereocenters. The third-order valence-corrected chi connectivity index (χ3v) is 4.80. The third-order valence-electron chi connectivity index (χ3n) is 3.80. The first-order valence-electron chi connectivity index (χ1n) is 7.73. The monoisotopic (exact) mass is 306 g/mol. The minimum absolute atomic E-state index is 0.339. The molecule has 1 fully saturated rings. The van der Waals surface area contributed by atoms with Crippen LogP contribution in [0.2, 0.25) is 0 Å². The van der Waals surface area contributed by atoms with Crippen LogP contribution in [0.25, 0.3) is 11.0 Å². The largest absolute Gasteiger partial charge is 0.366 e. The van der Waals surface area contributed by atoms with Crippen molar-refractivity contribution in [1.29, 1.82) is 0 Å². The van der Waals surface area contributed by atoms with Gasteiger partial charge < -0.3 is 14.6 Å². The number of hydrogen-bond donors (Lipinski definition) is 2. The molecule has 1 aromatic heterocycles. The van der Waals surface area contributed by atoms with Crippen LogP contribution in [-0.4, -0.2) is 48.1 Å². The molecule has 1 aromatic carbocycles. The van der Waals surface area contributed by atoms with E-state index < -0.39 is 0 Å². The maximum absolute atomic E-state index is 5.90. The summed E-state index contributed by atoms with van der Waals surface area (Å²) in [6.07, 6.45) is 0.339. The molecule has 0 bridgehead atoms. The van der Waals surface area contributed by atoms with Crippen molar-refractivity contribution in [2.24, 2.45) is 5.92 Å². The molecular weight excluding hydrogens is 282 g/mol. The normalized spacial score (nSPS) is 23.0. The topological polar surface area (TPSA) is 42.4 Å². The Morgan fingerprint density at radius 3 is 3.10 bits per heavy atom. The minimum Gasteiger partial charge on any atom is -0.366 e. The number of imidazole rings is 1. The predicted molar refractivity (Wildman–Crippen MR) is 87.0 cm³/mol. The van der Waals surface area contributed by atoms with Crippen LogP contribution in [0.3, 0.4) is 0 Å². The highest BCUT2D eigenvalue weighted by Crippen LogP contribution is 2.20. The molecular formula is C16H24N3OS+. The van der Waals surface area contributed by atoms with Gasteiger partial charge in [0.1, 0.15) is 19.2 Å². The highest BCUT2D eigenvalue weighted by molar-refractivity contribution is 7.99. The number of nitrogens with one attached hydrogen (secondary N) is 2. The van der Waals surface area contributed by atoms with Crippen molar-refractivity contribution in [2.45, 2.75) is 25.1 Å². The van der Waals surface area contributed by atoms with E-state index in [-0.39, 0.29) is 0 Å². The summed E-state index contributed by atoms with van der Waals surface area (Å²) in [5.41, 5.74) is 2.15. The van der Waals surface area contributed by atoms with Crippen LogP contribution >= 0.6 is 11.8 Å². The highest BCUT2D eigenvalue weighted by Gasteiger charge is 2.24. The van der Waals surface area contributed by atoms with Crippen LogP contribution in [0.4, 0.5) is 0 Å². The Balaban J connectivity index is 1.54. The van der Waals surface area contributed by atoms with E-state index in [2.05, 4.69) is 29.9 Å². The van der Waals surface area contributed by atoms with Gasteiger partial charge in [-0.1, -0.05) is 37.7 Å². The zero-order chi connectivity index (χ0) is 14.7. The number of rotatable bonds is 5. The SMILES string of the molecule is CC(C)C[NH+]1CCO[C@H](CSc2nc3ccccc3[nH]2)C1. The number of ether oxygens (including phenoxy) is 1. The van der Waals surface area contributed by atoms with E-state index in [0.717, 1.165) is 47.6 Å². The van der Waals surface area contributed by atoms with E-state index in [1.54, 1.807) is 16.7 Å². The quantitative estimate of drug-likeness (QED) is 0.825. The number of morpholine rings is 1. The zero-order valence-electron chi connectivity index (χ0n) is 12.8. The molecule has 3 rings (SSSR count). The van der Waals surface area contributed by atoms with Crippen LogP contribution in [0.5, 0.6) is 0 Å². The van der Waals surface area contributed by atoms with Crippen LogP contribution in [-0.2, 0) is 4.74 Å². The van der Waals surface area contributed by atoms with Gasteiger partial charge in [0.2, 0.25) is 0 Å². The number of aromatic amines is 1. The number of benzene rings is 1. The number of H-pyrrole nitrogens is 1. The lowest BCUT2D eigenvalue weighted by Crippen LogP contribution is -3.15. The molecule has 1 aliphatic rings. The smallest absolute Gasteiger partial charge is 0.166 e. The molecule has 1 aliphatic heterocycles. The first kappa shape index (κ1) is 14.9. The van der Waals surface area contributed by atoms with Gasteiger partial charge in [-0.15, -0.1) is 0 Å². The van der Waals surface area contributed by atoms with Crippen LogP contribution in [0, 0.1) is 5.92 Å². The van der Waals surface area contributed by atoms with Gasteiger partial charge in [0.05, 0.1) is 24.2 Å². The molecule has 0 radical (unpaired) electrons. The number of para-hydroxylation sites is 2. The molecule has 0 saturated carbocycles. The molecule has 2 atom stereocenters. The molecule has 0 aliphatic carbocycles. The summed E-state index contributed by atoms with van der Waals surface area (Å²) in [6.45, 7) is 8.97. The number of thioether (sulfide) groups is 1. The lowest BCUT2D eigenvalue weighted by Gasteiger charge is -2.30. The molecule has 2 heterocycles. The Bertz CT molecular complexity index is 551. The summed E-state index contributed by atoms with van der Waals surface area (Å²) in [6, 6.07) is 8.17. The van der Waals surface area contributed by atoms with E-state index in [0.29, 0.717) is 6.10 Å². The maximum atomic E-state index is 5.90. The Hall–Kier alpha value is -1.04. The summed E-state index contributed by atoms with van der Waals surface area (Å²) in [5, 5.41) is 0.996. The fraction of sp³-hybridized carbons (Fsp3) is 0.562. The van der Waals surface area contributed by atoms with Crippen LogP contribution in [0.1, 0.15) is 13.8 Å². The van der Waals surface area contributed by atoms with Crippen molar-refractivity contribution in [3.05, 3.63) is 24.3 Å². The van der Waals surface area contributed by atoms with E-state index in [1.807, 2.05) is 18.2 Å². The Morgan fingerprint density at radius 2 is 2.29 bits per heavy atom. The van der Waals surface area contributed by atoms with E-state index >= 15 is 0 Å². The molecule has 1 saturated heterocycles. The van der Waals surface area contributed by atoms with Crippen molar-refractivity contribution in [3.8, 4) is 0 Å². The van der Waals surface area contributed by atoms with Gasteiger partial charge in [-0.3, -0.25) is 0 Å². The van der Waals surface area contributed by atoms with Crippen molar-refractivity contribution in [3.63, 3.8) is 0 Å². The van der Waals surface area contributed by atoms with Gasteiger partial charge in [0.15, 0.2) is 5.16 Å². The van der Waals surface area contributed by atoms with Crippen LogP contribution in [0.15, 0.2) is 29.4 Å². The summed E-state index contributed by atoms with van der Waals surface area (Å²) in [4.78, 5) is 9.65. The maximum Gasteiger partial charge on any atom is 0.166 e. The molecule has 4 nitrogen and oxygen atoms in total. The average molecular weight is 306 g/mol. The van der Waals surface area contributed by atoms with Crippen LogP contribution < -0.4 is 4.90 Å². The van der Waals surface area contributed by atoms with Crippen molar-refractivity contribution < 1.29 is 9.64 Å². The summed E-state index contributed by atoms with van der Waals surface area (Å²) in [5.74, 6) is 1.73. The second-order valence-electron chi connectivity index (χ2n) is 6.17. The standard InChI is InChI=1S/C16H23N3OS/c1-12(2)9-19-7-8-20-13(10-19)11-21-16-17-14-5-3-4-6-15(14)18-16/h3-6,12-13H,7-11H2,1-2H3,(H,17,18)/p+1/t13-/m0/s1.